The number of nitrogens with zero attached hydrogens (tertiary/aromatic N) is 1. The van der Waals surface area contributed by atoms with Crippen molar-refractivity contribution in [3.63, 3.8) is 0 Å². The molecule has 2 nitrogen and oxygen atoms in total. The predicted molar refractivity (Wildman–Crippen MR) is 89.5 cm³/mol. The summed E-state index contributed by atoms with van der Waals surface area (Å²) in [7, 11) is 0. The maximum atomic E-state index is 6.11. The normalized spacial score (nSPS) is 25.3. The molecular weight excluding hydrogens is 268 g/mol. The van der Waals surface area contributed by atoms with Crippen LogP contribution in [0.3, 0.4) is 0 Å². The molecule has 1 aromatic rings. The van der Waals surface area contributed by atoms with E-state index in [1.54, 1.807) is 0 Å². The standard InChI is InChI=1S/C17H28N2.ClH/c1-12(2)15-5-7-16(8-6-15)14(4)19-10-9-17(18)13(3)11-19;/h5-8,12-14,17H,9-11,18H2,1-4H3;1H. The van der Waals surface area contributed by atoms with Crippen LogP contribution in [0.5, 0.6) is 0 Å². The Hall–Kier alpha value is -0.570. The minimum absolute atomic E-state index is 0. The summed E-state index contributed by atoms with van der Waals surface area (Å²) >= 11 is 0. The van der Waals surface area contributed by atoms with Gasteiger partial charge in [-0.2, -0.15) is 0 Å². The van der Waals surface area contributed by atoms with Crippen molar-refractivity contribution < 1.29 is 0 Å². The average molecular weight is 297 g/mol. The van der Waals surface area contributed by atoms with E-state index in [2.05, 4.69) is 56.9 Å². The third-order valence-electron chi connectivity index (χ3n) is 4.64. The van der Waals surface area contributed by atoms with E-state index in [9.17, 15) is 0 Å². The van der Waals surface area contributed by atoms with E-state index in [-0.39, 0.29) is 12.4 Å². The lowest BCUT2D eigenvalue weighted by atomic mass is 9.92. The van der Waals surface area contributed by atoms with E-state index in [0.717, 1.165) is 19.5 Å². The predicted octanol–water partition coefficient (Wildman–Crippen LogP) is 3.96. The van der Waals surface area contributed by atoms with E-state index in [0.29, 0.717) is 23.9 Å². The number of halogens is 1. The molecule has 0 bridgehead atoms. The van der Waals surface area contributed by atoms with E-state index in [1.807, 2.05) is 0 Å². The highest BCUT2D eigenvalue weighted by atomic mass is 35.5. The molecular formula is C17H29ClN2. The molecule has 0 saturated carbocycles. The number of nitrogens with two attached hydrogens (primary N) is 1. The molecule has 1 heterocycles. The SMILES string of the molecule is CC(C)c1ccc(C(C)N2CCC(N)C(C)C2)cc1.Cl. The van der Waals surface area contributed by atoms with E-state index >= 15 is 0 Å². The van der Waals surface area contributed by atoms with Crippen molar-refractivity contribution in [2.45, 2.75) is 52.1 Å². The minimum atomic E-state index is 0. The van der Waals surface area contributed by atoms with Gasteiger partial charge in [-0.15, -0.1) is 12.4 Å². The summed E-state index contributed by atoms with van der Waals surface area (Å²) in [6.45, 7) is 11.3. The van der Waals surface area contributed by atoms with Gasteiger partial charge in [-0.25, -0.2) is 0 Å². The summed E-state index contributed by atoms with van der Waals surface area (Å²) in [4.78, 5) is 2.57. The Bertz CT molecular complexity index is 402. The molecule has 2 N–H and O–H groups in total. The fourth-order valence-corrected chi connectivity index (χ4v) is 2.92. The number of likely N-dealkylation sites (tertiary alicyclic amines) is 1. The van der Waals surface area contributed by atoms with Crippen molar-refractivity contribution in [2.24, 2.45) is 11.7 Å². The Balaban J connectivity index is 0.00000200. The van der Waals surface area contributed by atoms with Crippen molar-refractivity contribution in [1.82, 2.24) is 4.90 Å². The second-order valence-electron chi connectivity index (χ2n) is 6.42. The van der Waals surface area contributed by atoms with Crippen molar-refractivity contribution in [3.8, 4) is 0 Å². The fourth-order valence-electron chi connectivity index (χ4n) is 2.92. The molecule has 0 aromatic heterocycles. The zero-order valence-electron chi connectivity index (χ0n) is 13.2. The molecule has 3 unspecified atom stereocenters. The molecule has 1 saturated heterocycles. The Morgan fingerprint density at radius 2 is 1.65 bits per heavy atom. The molecule has 1 aromatic carbocycles. The van der Waals surface area contributed by atoms with Crippen LogP contribution in [0.25, 0.3) is 0 Å². The van der Waals surface area contributed by atoms with E-state index in [4.69, 9.17) is 5.73 Å². The summed E-state index contributed by atoms with van der Waals surface area (Å²) in [6.07, 6.45) is 1.12. The molecule has 3 heteroatoms. The largest absolute Gasteiger partial charge is 0.327 e. The molecule has 0 radical (unpaired) electrons. The molecule has 20 heavy (non-hydrogen) atoms. The summed E-state index contributed by atoms with van der Waals surface area (Å²) in [5.74, 6) is 1.21. The smallest absolute Gasteiger partial charge is 0.0320 e. The molecule has 1 aliphatic heterocycles. The Morgan fingerprint density at radius 1 is 1.10 bits per heavy atom. The van der Waals surface area contributed by atoms with Gasteiger partial charge in [0.15, 0.2) is 0 Å². The second kappa shape index (κ2) is 7.44. The van der Waals surface area contributed by atoms with Gasteiger partial charge in [-0.1, -0.05) is 45.0 Å². The van der Waals surface area contributed by atoms with Crippen molar-refractivity contribution >= 4 is 12.4 Å². The van der Waals surface area contributed by atoms with E-state index in [1.165, 1.54) is 11.1 Å². The van der Waals surface area contributed by atoms with Gasteiger partial charge in [-0.3, -0.25) is 4.90 Å². The van der Waals surface area contributed by atoms with Gasteiger partial charge < -0.3 is 5.73 Å². The number of piperidine rings is 1. The molecule has 2 rings (SSSR count). The van der Waals surface area contributed by atoms with Crippen LogP contribution in [0.1, 0.15) is 57.2 Å². The van der Waals surface area contributed by atoms with Gasteiger partial charge in [0.25, 0.3) is 0 Å². The number of rotatable bonds is 3. The molecule has 1 fully saturated rings. The molecule has 0 aliphatic carbocycles. The van der Waals surface area contributed by atoms with Crippen molar-refractivity contribution in [2.75, 3.05) is 13.1 Å². The maximum Gasteiger partial charge on any atom is 0.0320 e. The topological polar surface area (TPSA) is 29.3 Å². The van der Waals surface area contributed by atoms with Gasteiger partial charge in [0.05, 0.1) is 0 Å². The monoisotopic (exact) mass is 296 g/mol. The van der Waals surface area contributed by atoms with Crippen LogP contribution in [-0.4, -0.2) is 24.0 Å². The number of hydrogen-bond acceptors (Lipinski definition) is 2. The van der Waals surface area contributed by atoms with Gasteiger partial charge in [0, 0.05) is 25.2 Å². The molecule has 0 spiro atoms. The van der Waals surface area contributed by atoms with Crippen molar-refractivity contribution in [3.05, 3.63) is 35.4 Å². The highest BCUT2D eigenvalue weighted by Gasteiger charge is 2.26. The lowest BCUT2D eigenvalue weighted by molar-refractivity contribution is 0.124. The highest BCUT2D eigenvalue weighted by molar-refractivity contribution is 5.85. The maximum absolute atomic E-state index is 6.11. The fraction of sp³-hybridized carbons (Fsp3) is 0.647. The summed E-state index contributed by atoms with van der Waals surface area (Å²) in [5, 5.41) is 0. The number of benzene rings is 1. The Morgan fingerprint density at radius 3 is 2.15 bits per heavy atom. The average Bonchev–Trinajstić information content (AvgIpc) is 2.41. The highest BCUT2D eigenvalue weighted by Crippen LogP contribution is 2.27. The van der Waals surface area contributed by atoms with Gasteiger partial charge in [0.1, 0.15) is 0 Å². The first-order chi connectivity index (χ1) is 8.99. The second-order valence-corrected chi connectivity index (χ2v) is 6.42. The lowest BCUT2D eigenvalue weighted by Crippen LogP contribution is -2.46. The third kappa shape index (κ3) is 3.97. The number of hydrogen-bond donors (Lipinski definition) is 1. The molecule has 1 aliphatic rings. The van der Waals surface area contributed by atoms with Crippen LogP contribution in [0.2, 0.25) is 0 Å². The molecule has 114 valence electrons. The molecule has 0 amide bonds. The minimum Gasteiger partial charge on any atom is -0.327 e. The van der Waals surface area contributed by atoms with Crippen LogP contribution in [0.15, 0.2) is 24.3 Å². The zero-order chi connectivity index (χ0) is 14.0. The van der Waals surface area contributed by atoms with Gasteiger partial charge >= 0.3 is 0 Å². The van der Waals surface area contributed by atoms with Crippen LogP contribution in [0, 0.1) is 5.92 Å². The summed E-state index contributed by atoms with van der Waals surface area (Å²) < 4.78 is 0. The van der Waals surface area contributed by atoms with E-state index < -0.39 is 0 Å². The Labute approximate surface area is 130 Å². The van der Waals surface area contributed by atoms with Crippen molar-refractivity contribution in [1.29, 1.82) is 0 Å². The summed E-state index contributed by atoms with van der Waals surface area (Å²) in [5.41, 5.74) is 8.95. The van der Waals surface area contributed by atoms with Crippen LogP contribution >= 0.6 is 12.4 Å². The Kier molecular flexibility index (Phi) is 6.50. The first kappa shape index (κ1) is 17.5. The zero-order valence-corrected chi connectivity index (χ0v) is 14.0. The van der Waals surface area contributed by atoms with Crippen LogP contribution in [-0.2, 0) is 0 Å². The quantitative estimate of drug-likeness (QED) is 0.915. The third-order valence-corrected chi connectivity index (χ3v) is 4.64. The summed E-state index contributed by atoms with van der Waals surface area (Å²) in [6, 6.07) is 10.0. The van der Waals surface area contributed by atoms with Crippen LogP contribution in [0.4, 0.5) is 0 Å². The first-order valence-electron chi connectivity index (χ1n) is 7.58. The van der Waals surface area contributed by atoms with Gasteiger partial charge in [-0.05, 0) is 36.3 Å². The molecule has 3 atom stereocenters. The first-order valence-corrected chi connectivity index (χ1v) is 7.58. The van der Waals surface area contributed by atoms with Gasteiger partial charge in [0.2, 0.25) is 0 Å². The lowest BCUT2D eigenvalue weighted by Gasteiger charge is -2.39. The van der Waals surface area contributed by atoms with Crippen LogP contribution < -0.4 is 5.73 Å².